The van der Waals surface area contributed by atoms with Crippen molar-refractivity contribution in [2.45, 2.75) is 37.3 Å². The molecule has 0 saturated heterocycles. The molecule has 0 radical (unpaired) electrons. The standard InChI is InChI=1S/C18H21N3O3S/c1-3-4-9-25-18-20-16-15(17(23)21-18)13(10-14(22)19-16)11-5-7-12(24-2)8-6-11/h5-8,13H,3-4,9-10H2,1-2H3,(H2,19,20,21,22,23). The van der Waals surface area contributed by atoms with Gasteiger partial charge in [-0.3, -0.25) is 9.59 Å². The van der Waals surface area contributed by atoms with E-state index in [1.165, 1.54) is 11.8 Å². The fraction of sp³-hybridized carbons (Fsp3) is 0.389. The molecule has 6 nitrogen and oxygen atoms in total. The topological polar surface area (TPSA) is 84.1 Å². The van der Waals surface area contributed by atoms with E-state index < -0.39 is 0 Å². The van der Waals surface area contributed by atoms with E-state index in [-0.39, 0.29) is 23.8 Å². The number of fused-ring (bicyclic) bond motifs is 1. The second-order valence-electron chi connectivity index (χ2n) is 5.91. The van der Waals surface area contributed by atoms with E-state index in [1.807, 2.05) is 24.3 Å². The lowest BCUT2D eigenvalue weighted by Gasteiger charge is -2.24. The SMILES string of the molecule is CCCCSc1nc2c(c(=O)[nH]1)C(c1ccc(OC)cc1)CC(=O)N2. The van der Waals surface area contributed by atoms with Crippen LogP contribution in [0.5, 0.6) is 5.75 Å². The van der Waals surface area contributed by atoms with Gasteiger partial charge in [-0.2, -0.15) is 0 Å². The first kappa shape index (κ1) is 17.5. The molecule has 1 aliphatic rings. The second-order valence-corrected chi connectivity index (χ2v) is 7.00. The first-order valence-corrected chi connectivity index (χ1v) is 9.31. The number of anilines is 1. The Balaban J connectivity index is 1.96. The first-order chi connectivity index (χ1) is 12.1. The Morgan fingerprint density at radius 1 is 1.28 bits per heavy atom. The average molecular weight is 359 g/mol. The maximum atomic E-state index is 12.6. The van der Waals surface area contributed by atoms with E-state index in [4.69, 9.17) is 4.74 Å². The number of benzene rings is 1. The number of rotatable bonds is 6. The van der Waals surface area contributed by atoms with Crippen LogP contribution in [0.15, 0.2) is 34.2 Å². The maximum absolute atomic E-state index is 12.6. The average Bonchev–Trinajstić information content (AvgIpc) is 2.61. The molecule has 1 unspecified atom stereocenters. The number of carbonyl (C=O) groups excluding carboxylic acids is 1. The van der Waals surface area contributed by atoms with Crippen LogP contribution in [-0.4, -0.2) is 28.7 Å². The molecule has 0 saturated carbocycles. The molecule has 2 heterocycles. The van der Waals surface area contributed by atoms with Crippen LogP contribution in [0.4, 0.5) is 5.82 Å². The van der Waals surface area contributed by atoms with Gasteiger partial charge in [0.15, 0.2) is 5.16 Å². The minimum atomic E-state index is -0.305. The summed E-state index contributed by atoms with van der Waals surface area (Å²) in [6.07, 6.45) is 2.36. The van der Waals surface area contributed by atoms with Crippen LogP contribution in [0.3, 0.4) is 0 Å². The van der Waals surface area contributed by atoms with E-state index in [1.54, 1.807) is 7.11 Å². The fourth-order valence-corrected chi connectivity index (χ4v) is 3.80. The van der Waals surface area contributed by atoms with Gasteiger partial charge in [-0.25, -0.2) is 4.98 Å². The third-order valence-electron chi connectivity index (χ3n) is 4.18. The third-order valence-corrected chi connectivity index (χ3v) is 5.14. The van der Waals surface area contributed by atoms with Gasteiger partial charge in [0, 0.05) is 18.1 Å². The number of aromatic amines is 1. The molecule has 1 aromatic carbocycles. The molecular formula is C18H21N3O3S. The van der Waals surface area contributed by atoms with E-state index in [2.05, 4.69) is 22.2 Å². The zero-order valence-electron chi connectivity index (χ0n) is 14.3. The third kappa shape index (κ3) is 3.87. The van der Waals surface area contributed by atoms with Gasteiger partial charge in [-0.1, -0.05) is 37.2 Å². The summed E-state index contributed by atoms with van der Waals surface area (Å²) in [7, 11) is 1.60. The van der Waals surface area contributed by atoms with Crippen LogP contribution in [0.1, 0.15) is 43.2 Å². The van der Waals surface area contributed by atoms with Crippen LogP contribution >= 0.6 is 11.8 Å². The summed E-state index contributed by atoms with van der Waals surface area (Å²) in [4.78, 5) is 32.1. The number of nitrogens with one attached hydrogen (secondary N) is 2. The number of carbonyl (C=O) groups is 1. The molecule has 0 fully saturated rings. The van der Waals surface area contributed by atoms with Crippen molar-refractivity contribution < 1.29 is 9.53 Å². The summed E-state index contributed by atoms with van der Waals surface area (Å²) in [5.41, 5.74) is 1.23. The van der Waals surface area contributed by atoms with Crippen molar-refractivity contribution in [2.75, 3.05) is 18.2 Å². The van der Waals surface area contributed by atoms with Gasteiger partial charge < -0.3 is 15.0 Å². The zero-order valence-corrected chi connectivity index (χ0v) is 15.1. The molecule has 0 bridgehead atoms. The summed E-state index contributed by atoms with van der Waals surface area (Å²) in [6.45, 7) is 2.11. The van der Waals surface area contributed by atoms with E-state index in [9.17, 15) is 9.59 Å². The molecule has 25 heavy (non-hydrogen) atoms. The quantitative estimate of drug-likeness (QED) is 0.470. The molecule has 1 aromatic heterocycles. The van der Waals surface area contributed by atoms with Crippen molar-refractivity contribution >= 4 is 23.5 Å². The number of hydrogen-bond donors (Lipinski definition) is 2. The van der Waals surface area contributed by atoms with Crippen LogP contribution in [-0.2, 0) is 4.79 Å². The molecule has 1 aliphatic heterocycles. The number of unbranched alkanes of at least 4 members (excludes halogenated alkanes) is 1. The number of amides is 1. The van der Waals surface area contributed by atoms with Crippen molar-refractivity contribution in [3.63, 3.8) is 0 Å². The summed E-state index contributed by atoms with van der Waals surface area (Å²) in [5.74, 6) is 1.56. The normalized spacial score (nSPS) is 16.2. The lowest BCUT2D eigenvalue weighted by molar-refractivity contribution is -0.116. The highest BCUT2D eigenvalue weighted by Crippen LogP contribution is 2.35. The number of H-pyrrole nitrogens is 1. The van der Waals surface area contributed by atoms with Crippen molar-refractivity contribution in [1.29, 1.82) is 0 Å². The predicted molar refractivity (Wildman–Crippen MR) is 98.6 cm³/mol. The van der Waals surface area contributed by atoms with Gasteiger partial charge in [0.25, 0.3) is 5.56 Å². The number of hydrogen-bond acceptors (Lipinski definition) is 5. The molecule has 7 heteroatoms. The van der Waals surface area contributed by atoms with E-state index in [0.29, 0.717) is 16.5 Å². The minimum Gasteiger partial charge on any atom is -0.497 e. The van der Waals surface area contributed by atoms with Gasteiger partial charge in [0.1, 0.15) is 11.6 Å². The molecule has 0 aliphatic carbocycles. The van der Waals surface area contributed by atoms with Crippen molar-refractivity contribution in [2.24, 2.45) is 0 Å². The number of aromatic nitrogens is 2. The molecule has 2 N–H and O–H groups in total. The summed E-state index contributed by atoms with van der Waals surface area (Å²) < 4.78 is 5.17. The van der Waals surface area contributed by atoms with Crippen LogP contribution in [0.25, 0.3) is 0 Å². The molecule has 2 aromatic rings. The highest BCUT2D eigenvalue weighted by atomic mass is 32.2. The fourth-order valence-electron chi connectivity index (χ4n) is 2.85. The van der Waals surface area contributed by atoms with Gasteiger partial charge in [0.2, 0.25) is 5.91 Å². The summed E-state index contributed by atoms with van der Waals surface area (Å²) in [5, 5.41) is 3.29. The van der Waals surface area contributed by atoms with Gasteiger partial charge >= 0.3 is 0 Å². The Hall–Kier alpha value is -2.28. The van der Waals surface area contributed by atoms with Gasteiger partial charge in [-0.05, 0) is 24.1 Å². The Bertz CT molecular complexity index is 817. The molecular weight excluding hydrogens is 338 g/mol. The molecule has 0 spiro atoms. The van der Waals surface area contributed by atoms with Gasteiger partial charge in [-0.15, -0.1) is 0 Å². The van der Waals surface area contributed by atoms with Crippen LogP contribution in [0, 0.1) is 0 Å². The zero-order chi connectivity index (χ0) is 17.8. The number of nitrogens with zero attached hydrogens (tertiary/aromatic N) is 1. The highest BCUT2D eigenvalue weighted by molar-refractivity contribution is 7.99. The largest absolute Gasteiger partial charge is 0.497 e. The first-order valence-electron chi connectivity index (χ1n) is 8.33. The molecule has 132 valence electrons. The van der Waals surface area contributed by atoms with Crippen molar-refractivity contribution in [3.05, 3.63) is 45.7 Å². The van der Waals surface area contributed by atoms with E-state index >= 15 is 0 Å². The number of thioether (sulfide) groups is 1. The smallest absolute Gasteiger partial charge is 0.257 e. The Labute approximate surface area is 150 Å². The molecule has 1 atom stereocenters. The van der Waals surface area contributed by atoms with Crippen molar-refractivity contribution in [1.82, 2.24) is 9.97 Å². The second kappa shape index (κ2) is 7.74. The Kier molecular flexibility index (Phi) is 5.43. The van der Waals surface area contributed by atoms with Crippen LogP contribution in [0.2, 0.25) is 0 Å². The number of methoxy groups -OCH3 is 1. The van der Waals surface area contributed by atoms with Crippen molar-refractivity contribution in [3.8, 4) is 5.75 Å². The van der Waals surface area contributed by atoms with Crippen LogP contribution < -0.4 is 15.6 Å². The maximum Gasteiger partial charge on any atom is 0.257 e. The lowest BCUT2D eigenvalue weighted by atomic mass is 9.87. The van der Waals surface area contributed by atoms with E-state index in [0.717, 1.165) is 29.9 Å². The Morgan fingerprint density at radius 3 is 2.72 bits per heavy atom. The minimum absolute atomic E-state index is 0.129. The highest BCUT2D eigenvalue weighted by Gasteiger charge is 2.30. The summed E-state index contributed by atoms with van der Waals surface area (Å²) in [6, 6.07) is 7.43. The molecule has 1 amide bonds. The van der Waals surface area contributed by atoms with Gasteiger partial charge in [0.05, 0.1) is 12.7 Å². The Morgan fingerprint density at radius 2 is 2.04 bits per heavy atom. The monoisotopic (exact) mass is 359 g/mol. The molecule has 3 rings (SSSR count). The lowest BCUT2D eigenvalue weighted by Crippen LogP contribution is -2.31. The number of ether oxygens (including phenoxy) is 1. The summed E-state index contributed by atoms with van der Waals surface area (Å²) >= 11 is 1.50. The predicted octanol–water partition coefficient (Wildman–Crippen LogP) is 3.14.